The lowest BCUT2D eigenvalue weighted by Crippen LogP contribution is -2.42. The van der Waals surface area contributed by atoms with Gasteiger partial charge in [0.05, 0.1) is 0 Å². The summed E-state index contributed by atoms with van der Waals surface area (Å²) in [5.74, 6) is -0.0589. The van der Waals surface area contributed by atoms with Crippen LogP contribution in [-0.4, -0.2) is 44.0 Å². The molecule has 3 rings (SSSR count). The summed E-state index contributed by atoms with van der Waals surface area (Å²) in [6, 6.07) is 4.68. The molecule has 24 heavy (non-hydrogen) atoms. The fraction of sp³-hybridized carbons (Fsp3) is 0.611. The Bertz CT molecular complexity index is 567. The predicted molar refractivity (Wildman–Crippen MR) is 85.1 cm³/mol. The van der Waals surface area contributed by atoms with Gasteiger partial charge in [-0.2, -0.15) is 0 Å². The number of alkyl halides is 1. The molecule has 0 atom stereocenters. The zero-order valence-electron chi connectivity index (χ0n) is 13.7. The fourth-order valence-electron chi connectivity index (χ4n) is 3.58. The van der Waals surface area contributed by atoms with Crippen LogP contribution in [0.15, 0.2) is 18.2 Å². The van der Waals surface area contributed by atoms with E-state index in [2.05, 4.69) is 4.74 Å². The number of hydrogen-bond donors (Lipinski definition) is 0. The molecule has 0 radical (unpaired) electrons. The highest BCUT2D eigenvalue weighted by atomic mass is 19.1. The second-order valence-electron chi connectivity index (χ2n) is 6.43. The Balaban J connectivity index is 1.56. The van der Waals surface area contributed by atoms with E-state index in [1.54, 1.807) is 6.07 Å². The van der Waals surface area contributed by atoms with Crippen molar-refractivity contribution in [3.05, 3.63) is 29.6 Å². The van der Waals surface area contributed by atoms with Gasteiger partial charge in [0.15, 0.2) is 11.6 Å². The van der Waals surface area contributed by atoms with Crippen molar-refractivity contribution in [3.63, 3.8) is 0 Å². The summed E-state index contributed by atoms with van der Waals surface area (Å²) < 4.78 is 35.9. The number of ether oxygens (including phenoxy) is 2. The first kappa shape index (κ1) is 17.1. The number of amides is 1. The third-order valence-corrected chi connectivity index (χ3v) is 5.01. The first-order valence-corrected chi connectivity index (χ1v) is 8.53. The number of rotatable bonds is 4. The van der Waals surface area contributed by atoms with Gasteiger partial charge in [-0.1, -0.05) is 6.07 Å². The normalized spacial score (nSPS) is 20.2. The number of hydrogen-bond acceptors (Lipinski definition) is 3. The van der Waals surface area contributed by atoms with Gasteiger partial charge in [0.2, 0.25) is 12.8 Å². The molecule has 1 amide bonds. The molecule has 0 N–H and O–H groups in total. The number of nitrogens with zero attached hydrogens (tertiary/aromatic N) is 1. The summed E-state index contributed by atoms with van der Waals surface area (Å²) in [5.41, 5.74) is 0.886. The van der Waals surface area contributed by atoms with Gasteiger partial charge in [0.25, 0.3) is 0 Å². The molecular weight excluding hydrogens is 316 g/mol. The Morgan fingerprint density at radius 1 is 1.21 bits per heavy atom. The van der Waals surface area contributed by atoms with Gasteiger partial charge in [-0.3, -0.25) is 4.79 Å². The predicted octanol–water partition coefficient (Wildman–Crippen LogP) is 3.26. The molecule has 1 aromatic rings. The lowest BCUT2D eigenvalue weighted by Gasteiger charge is -2.35. The standard InChI is InChI=1S/C18H23F2NO3/c19-12-24-17-2-1-15(11-16(17)20)13-3-7-21(8-4-13)18(22)14-5-9-23-10-6-14/h1-2,11,13-14H,3-10,12H2. The first-order valence-electron chi connectivity index (χ1n) is 8.53. The van der Waals surface area contributed by atoms with Crippen molar-refractivity contribution in [2.24, 2.45) is 5.92 Å². The maximum atomic E-state index is 13.9. The summed E-state index contributed by atoms with van der Waals surface area (Å²) >= 11 is 0. The van der Waals surface area contributed by atoms with E-state index < -0.39 is 12.7 Å². The highest BCUT2D eigenvalue weighted by Gasteiger charge is 2.30. The minimum Gasteiger partial charge on any atom is -0.460 e. The van der Waals surface area contributed by atoms with Gasteiger partial charge in [0, 0.05) is 32.2 Å². The fourth-order valence-corrected chi connectivity index (χ4v) is 3.58. The average Bonchev–Trinajstić information content (AvgIpc) is 2.64. The van der Waals surface area contributed by atoms with E-state index in [0.29, 0.717) is 26.3 Å². The molecule has 0 saturated carbocycles. The number of carbonyl (C=O) groups is 1. The Morgan fingerprint density at radius 2 is 1.92 bits per heavy atom. The van der Waals surface area contributed by atoms with Crippen LogP contribution >= 0.6 is 0 Å². The monoisotopic (exact) mass is 339 g/mol. The van der Waals surface area contributed by atoms with Crippen LogP contribution in [0, 0.1) is 11.7 Å². The quantitative estimate of drug-likeness (QED) is 0.845. The van der Waals surface area contributed by atoms with E-state index in [9.17, 15) is 13.6 Å². The van der Waals surface area contributed by atoms with E-state index in [-0.39, 0.29) is 23.5 Å². The van der Waals surface area contributed by atoms with Gasteiger partial charge in [-0.05, 0) is 49.3 Å². The number of piperidine rings is 1. The van der Waals surface area contributed by atoms with Gasteiger partial charge >= 0.3 is 0 Å². The van der Waals surface area contributed by atoms with E-state index in [1.165, 1.54) is 12.1 Å². The molecule has 2 fully saturated rings. The van der Waals surface area contributed by atoms with Crippen LogP contribution in [0.2, 0.25) is 0 Å². The lowest BCUT2D eigenvalue weighted by molar-refractivity contribution is -0.139. The minimum absolute atomic E-state index is 0.0617. The smallest absolute Gasteiger partial charge is 0.228 e. The van der Waals surface area contributed by atoms with Crippen molar-refractivity contribution < 1.29 is 23.0 Å². The van der Waals surface area contributed by atoms with Crippen LogP contribution in [0.1, 0.15) is 37.2 Å². The van der Waals surface area contributed by atoms with Crippen LogP contribution in [0.4, 0.5) is 8.78 Å². The van der Waals surface area contributed by atoms with E-state index in [4.69, 9.17) is 4.74 Å². The topological polar surface area (TPSA) is 38.8 Å². The zero-order valence-corrected chi connectivity index (χ0v) is 13.7. The number of halogens is 2. The summed E-state index contributed by atoms with van der Waals surface area (Å²) in [5, 5.41) is 0. The Morgan fingerprint density at radius 3 is 2.54 bits per heavy atom. The van der Waals surface area contributed by atoms with Gasteiger partial charge in [0.1, 0.15) is 0 Å². The van der Waals surface area contributed by atoms with Crippen molar-refractivity contribution >= 4 is 5.91 Å². The Labute approximate surface area is 140 Å². The molecule has 2 heterocycles. The first-order chi connectivity index (χ1) is 11.7. The van der Waals surface area contributed by atoms with Crippen LogP contribution in [0.25, 0.3) is 0 Å². The van der Waals surface area contributed by atoms with Gasteiger partial charge in [-0.15, -0.1) is 0 Å². The number of benzene rings is 1. The largest absolute Gasteiger partial charge is 0.460 e. The molecule has 0 aromatic heterocycles. The molecule has 6 heteroatoms. The molecule has 132 valence electrons. The van der Waals surface area contributed by atoms with Crippen molar-refractivity contribution in [3.8, 4) is 5.75 Å². The molecule has 1 aromatic carbocycles. The number of carbonyl (C=O) groups excluding carboxylic acids is 1. The number of likely N-dealkylation sites (tertiary alicyclic amines) is 1. The van der Waals surface area contributed by atoms with Crippen LogP contribution < -0.4 is 4.74 Å². The van der Waals surface area contributed by atoms with Crippen LogP contribution in [0.3, 0.4) is 0 Å². The highest BCUT2D eigenvalue weighted by Crippen LogP contribution is 2.32. The molecule has 0 spiro atoms. The summed E-state index contributed by atoms with van der Waals surface area (Å²) in [6.45, 7) is 1.69. The Hall–Kier alpha value is -1.69. The van der Waals surface area contributed by atoms with Gasteiger partial charge < -0.3 is 14.4 Å². The maximum Gasteiger partial charge on any atom is 0.228 e. The second kappa shape index (κ2) is 7.92. The molecule has 0 bridgehead atoms. The van der Waals surface area contributed by atoms with Crippen LogP contribution in [0.5, 0.6) is 5.75 Å². The highest BCUT2D eigenvalue weighted by molar-refractivity contribution is 5.79. The summed E-state index contributed by atoms with van der Waals surface area (Å²) in [7, 11) is 0. The van der Waals surface area contributed by atoms with E-state index in [1.807, 2.05) is 4.90 Å². The molecule has 4 nitrogen and oxygen atoms in total. The van der Waals surface area contributed by atoms with Crippen molar-refractivity contribution in [2.75, 3.05) is 33.2 Å². The SMILES string of the molecule is O=C(C1CCOCC1)N1CCC(c2ccc(OCF)c(F)c2)CC1. The van der Waals surface area contributed by atoms with Crippen LogP contribution in [-0.2, 0) is 9.53 Å². The molecule has 2 aliphatic rings. The van der Waals surface area contributed by atoms with E-state index in [0.717, 1.165) is 31.2 Å². The lowest BCUT2D eigenvalue weighted by atomic mass is 9.88. The van der Waals surface area contributed by atoms with Crippen molar-refractivity contribution in [2.45, 2.75) is 31.6 Å². The second-order valence-corrected chi connectivity index (χ2v) is 6.43. The summed E-state index contributed by atoms with van der Waals surface area (Å²) in [6.07, 6.45) is 3.25. The van der Waals surface area contributed by atoms with E-state index >= 15 is 0 Å². The zero-order chi connectivity index (χ0) is 16.9. The molecule has 0 aliphatic carbocycles. The minimum atomic E-state index is -1.04. The molecule has 0 unspecified atom stereocenters. The molecule has 2 aliphatic heterocycles. The average molecular weight is 339 g/mol. The third-order valence-electron chi connectivity index (χ3n) is 5.01. The molecule has 2 saturated heterocycles. The van der Waals surface area contributed by atoms with Crippen molar-refractivity contribution in [1.82, 2.24) is 4.90 Å². The molecular formula is C18H23F2NO3. The third kappa shape index (κ3) is 3.86. The Kier molecular flexibility index (Phi) is 5.66. The summed E-state index contributed by atoms with van der Waals surface area (Å²) in [4.78, 5) is 14.5. The maximum absolute atomic E-state index is 13.9. The van der Waals surface area contributed by atoms with Crippen molar-refractivity contribution in [1.29, 1.82) is 0 Å². The van der Waals surface area contributed by atoms with Gasteiger partial charge in [-0.25, -0.2) is 8.78 Å².